The summed E-state index contributed by atoms with van der Waals surface area (Å²) in [5, 5.41) is 19.4. The van der Waals surface area contributed by atoms with E-state index in [0.717, 1.165) is 11.1 Å². The van der Waals surface area contributed by atoms with Crippen LogP contribution in [0.1, 0.15) is 19.3 Å². The molecule has 132 valence electrons. The van der Waals surface area contributed by atoms with Gasteiger partial charge in [-0.1, -0.05) is 18.2 Å². The SMILES string of the molecule is O=C(O)CCCC(=O)Nc1ccc(-c2nnc(-c3ccccc3)o2)cc1. The number of anilines is 1. The van der Waals surface area contributed by atoms with Gasteiger partial charge < -0.3 is 14.8 Å². The van der Waals surface area contributed by atoms with Crippen LogP contribution in [0.25, 0.3) is 22.9 Å². The molecule has 0 saturated carbocycles. The molecule has 0 aliphatic heterocycles. The van der Waals surface area contributed by atoms with Crippen LogP contribution in [0.4, 0.5) is 5.69 Å². The first-order chi connectivity index (χ1) is 12.6. The average molecular weight is 351 g/mol. The minimum atomic E-state index is -0.906. The van der Waals surface area contributed by atoms with Crippen molar-refractivity contribution in [3.63, 3.8) is 0 Å². The van der Waals surface area contributed by atoms with Gasteiger partial charge in [0.05, 0.1) is 0 Å². The number of carbonyl (C=O) groups excluding carboxylic acids is 1. The number of aromatic nitrogens is 2. The van der Waals surface area contributed by atoms with Crippen molar-refractivity contribution in [1.29, 1.82) is 0 Å². The summed E-state index contributed by atoms with van der Waals surface area (Å²) >= 11 is 0. The Hall–Kier alpha value is -3.48. The second-order valence-electron chi connectivity index (χ2n) is 5.65. The maximum Gasteiger partial charge on any atom is 0.303 e. The standard InChI is InChI=1S/C19H17N3O4/c23-16(7-4-8-17(24)25)20-15-11-9-14(10-12-15)19-22-21-18(26-19)13-5-2-1-3-6-13/h1-3,5-6,9-12H,4,7-8H2,(H,20,23)(H,24,25). The number of amides is 1. The first kappa shape index (κ1) is 17.3. The highest BCUT2D eigenvalue weighted by molar-refractivity contribution is 5.91. The predicted molar refractivity (Wildman–Crippen MR) is 95.3 cm³/mol. The van der Waals surface area contributed by atoms with Crippen LogP contribution in [0.3, 0.4) is 0 Å². The van der Waals surface area contributed by atoms with Gasteiger partial charge in [-0.05, 0) is 42.8 Å². The Kier molecular flexibility index (Phi) is 5.38. The molecule has 2 aromatic carbocycles. The average Bonchev–Trinajstić information content (AvgIpc) is 3.13. The van der Waals surface area contributed by atoms with Crippen LogP contribution < -0.4 is 5.32 Å². The fraction of sp³-hybridized carbons (Fsp3) is 0.158. The second-order valence-corrected chi connectivity index (χ2v) is 5.65. The quantitative estimate of drug-likeness (QED) is 0.674. The van der Waals surface area contributed by atoms with E-state index < -0.39 is 5.97 Å². The van der Waals surface area contributed by atoms with Crippen LogP contribution in [0.5, 0.6) is 0 Å². The Bertz CT molecular complexity index is 889. The van der Waals surface area contributed by atoms with Gasteiger partial charge in [0.25, 0.3) is 0 Å². The molecule has 0 unspecified atom stereocenters. The van der Waals surface area contributed by atoms with E-state index >= 15 is 0 Å². The van der Waals surface area contributed by atoms with Crippen molar-refractivity contribution in [1.82, 2.24) is 10.2 Å². The third kappa shape index (κ3) is 4.54. The third-order valence-electron chi connectivity index (χ3n) is 3.66. The number of benzene rings is 2. The maximum atomic E-state index is 11.8. The highest BCUT2D eigenvalue weighted by atomic mass is 16.4. The van der Waals surface area contributed by atoms with Crippen molar-refractivity contribution < 1.29 is 19.1 Å². The number of hydrogen-bond acceptors (Lipinski definition) is 5. The Labute approximate surface area is 149 Å². The summed E-state index contributed by atoms with van der Waals surface area (Å²) in [5.74, 6) is -0.292. The summed E-state index contributed by atoms with van der Waals surface area (Å²) in [7, 11) is 0. The van der Waals surface area contributed by atoms with E-state index in [2.05, 4.69) is 15.5 Å². The summed E-state index contributed by atoms with van der Waals surface area (Å²) in [6, 6.07) is 16.5. The number of carboxylic acid groups (broad SMARTS) is 1. The molecule has 0 aliphatic carbocycles. The van der Waals surface area contributed by atoms with E-state index in [4.69, 9.17) is 9.52 Å². The molecular weight excluding hydrogens is 334 g/mol. The molecule has 2 N–H and O–H groups in total. The van der Waals surface area contributed by atoms with Crippen molar-refractivity contribution >= 4 is 17.6 Å². The summed E-state index contributed by atoms with van der Waals surface area (Å²) in [4.78, 5) is 22.2. The van der Waals surface area contributed by atoms with Crippen molar-refractivity contribution in [2.24, 2.45) is 0 Å². The van der Waals surface area contributed by atoms with Gasteiger partial charge in [-0.25, -0.2) is 0 Å². The van der Waals surface area contributed by atoms with Gasteiger partial charge in [0.1, 0.15) is 0 Å². The Morgan fingerprint density at radius 1 is 0.885 bits per heavy atom. The normalized spacial score (nSPS) is 10.5. The van der Waals surface area contributed by atoms with E-state index in [0.29, 0.717) is 23.9 Å². The molecule has 0 saturated heterocycles. The zero-order valence-electron chi connectivity index (χ0n) is 13.9. The molecule has 3 rings (SSSR count). The van der Waals surface area contributed by atoms with E-state index in [1.54, 1.807) is 24.3 Å². The largest absolute Gasteiger partial charge is 0.481 e. The lowest BCUT2D eigenvalue weighted by molar-refractivity contribution is -0.137. The zero-order chi connectivity index (χ0) is 18.4. The minimum absolute atomic E-state index is 0.0206. The topological polar surface area (TPSA) is 105 Å². The monoisotopic (exact) mass is 351 g/mol. The van der Waals surface area contributed by atoms with E-state index in [-0.39, 0.29) is 18.7 Å². The lowest BCUT2D eigenvalue weighted by Gasteiger charge is -2.05. The van der Waals surface area contributed by atoms with Crippen LogP contribution in [0.15, 0.2) is 59.0 Å². The highest BCUT2D eigenvalue weighted by Crippen LogP contribution is 2.24. The summed E-state index contributed by atoms with van der Waals surface area (Å²) in [5.41, 5.74) is 2.21. The number of nitrogens with one attached hydrogen (secondary N) is 1. The predicted octanol–water partition coefficient (Wildman–Crippen LogP) is 3.60. The van der Waals surface area contributed by atoms with Gasteiger partial charge in [-0.2, -0.15) is 0 Å². The van der Waals surface area contributed by atoms with Crippen molar-refractivity contribution in [2.75, 3.05) is 5.32 Å². The summed E-state index contributed by atoms with van der Waals surface area (Å²) < 4.78 is 5.69. The number of nitrogens with zero attached hydrogens (tertiary/aromatic N) is 2. The minimum Gasteiger partial charge on any atom is -0.481 e. The van der Waals surface area contributed by atoms with Gasteiger partial charge in [-0.15, -0.1) is 10.2 Å². The van der Waals surface area contributed by atoms with Gasteiger partial charge >= 0.3 is 5.97 Å². The molecule has 1 amide bonds. The number of carboxylic acids is 1. The summed E-state index contributed by atoms with van der Waals surface area (Å²) in [6.07, 6.45) is 0.453. The Morgan fingerprint density at radius 2 is 1.50 bits per heavy atom. The summed E-state index contributed by atoms with van der Waals surface area (Å²) in [6.45, 7) is 0. The molecule has 0 radical (unpaired) electrons. The molecule has 0 spiro atoms. The molecule has 7 nitrogen and oxygen atoms in total. The number of aliphatic carboxylic acids is 1. The number of hydrogen-bond donors (Lipinski definition) is 2. The molecule has 1 aromatic heterocycles. The smallest absolute Gasteiger partial charge is 0.303 e. The van der Waals surface area contributed by atoms with E-state index in [1.165, 1.54) is 0 Å². The van der Waals surface area contributed by atoms with Crippen LogP contribution in [0.2, 0.25) is 0 Å². The van der Waals surface area contributed by atoms with Crippen LogP contribution in [0, 0.1) is 0 Å². The number of rotatable bonds is 7. The molecule has 0 bridgehead atoms. The molecule has 1 heterocycles. The Morgan fingerprint density at radius 3 is 2.12 bits per heavy atom. The fourth-order valence-corrected chi connectivity index (χ4v) is 2.36. The second kappa shape index (κ2) is 8.06. The van der Waals surface area contributed by atoms with E-state index in [1.807, 2.05) is 30.3 Å². The molecule has 0 aliphatic rings. The fourth-order valence-electron chi connectivity index (χ4n) is 2.36. The lowest BCUT2D eigenvalue weighted by atomic mass is 10.2. The first-order valence-electron chi connectivity index (χ1n) is 8.13. The van der Waals surface area contributed by atoms with Crippen LogP contribution in [-0.4, -0.2) is 27.2 Å². The molecule has 3 aromatic rings. The van der Waals surface area contributed by atoms with E-state index in [9.17, 15) is 9.59 Å². The molecule has 0 fully saturated rings. The van der Waals surface area contributed by atoms with Gasteiger partial charge in [0.2, 0.25) is 17.7 Å². The van der Waals surface area contributed by atoms with Gasteiger partial charge in [0, 0.05) is 29.7 Å². The lowest BCUT2D eigenvalue weighted by Crippen LogP contribution is -2.11. The third-order valence-corrected chi connectivity index (χ3v) is 3.66. The van der Waals surface area contributed by atoms with Crippen LogP contribution in [-0.2, 0) is 9.59 Å². The zero-order valence-corrected chi connectivity index (χ0v) is 13.9. The molecular formula is C19H17N3O4. The molecule has 26 heavy (non-hydrogen) atoms. The molecule has 7 heteroatoms. The van der Waals surface area contributed by atoms with Gasteiger partial charge in [-0.3, -0.25) is 9.59 Å². The molecule has 0 atom stereocenters. The van der Waals surface area contributed by atoms with Crippen molar-refractivity contribution in [3.05, 3.63) is 54.6 Å². The number of carbonyl (C=O) groups is 2. The first-order valence-corrected chi connectivity index (χ1v) is 8.13. The maximum absolute atomic E-state index is 11.8. The van der Waals surface area contributed by atoms with Gasteiger partial charge in [0.15, 0.2) is 0 Å². The Balaban J connectivity index is 1.62. The van der Waals surface area contributed by atoms with Crippen LogP contribution >= 0.6 is 0 Å². The highest BCUT2D eigenvalue weighted by Gasteiger charge is 2.10. The van der Waals surface area contributed by atoms with Crippen molar-refractivity contribution in [3.8, 4) is 22.9 Å². The van der Waals surface area contributed by atoms with Crippen molar-refractivity contribution in [2.45, 2.75) is 19.3 Å².